The van der Waals surface area contributed by atoms with E-state index in [1.807, 2.05) is 29.8 Å². The van der Waals surface area contributed by atoms with E-state index in [4.69, 9.17) is 11.6 Å². The average Bonchev–Trinajstić information content (AvgIpc) is 3.01. The first kappa shape index (κ1) is 14.6. The summed E-state index contributed by atoms with van der Waals surface area (Å²) in [4.78, 5) is 4.31. The van der Waals surface area contributed by atoms with Crippen LogP contribution in [0.1, 0.15) is 5.56 Å². The molecule has 0 bridgehead atoms. The molecule has 0 amide bonds. The topological polar surface area (TPSA) is 24.9 Å². The van der Waals surface area contributed by atoms with E-state index < -0.39 is 0 Å². The molecular formula is C16H12BrClN2S. The molecule has 21 heavy (non-hydrogen) atoms. The van der Waals surface area contributed by atoms with Crippen LogP contribution in [-0.4, -0.2) is 4.98 Å². The SMILES string of the molecule is Clc1ccc(CNc2ccc(-c3nccs3)cc2)c(Br)c1. The van der Waals surface area contributed by atoms with Crippen molar-refractivity contribution in [3.05, 3.63) is 69.1 Å². The lowest BCUT2D eigenvalue weighted by Gasteiger charge is -2.09. The van der Waals surface area contributed by atoms with E-state index in [0.717, 1.165) is 32.3 Å². The highest BCUT2D eigenvalue weighted by Crippen LogP contribution is 2.25. The highest BCUT2D eigenvalue weighted by molar-refractivity contribution is 9.10. The zero-order chi connectivity index (χ0) is 14.7. The minimum Gasteiger partial charge on any atom is -0.381 e. The summed E-state index contributed by atoms with van der Waals surface area (Å²) in [6.45, 7) is 0.744. The van der Waals surface area contributed by atoms with E-state index in [9.17, 15) is 0 Å². The molecule has 0 atom stereocenters. The normalized spacial score (nSPS) is 10.6. The Kier molecular flexibility index (Phi) is 4.58. The van der Waals surface area contributed by atoms with E-state index in [2.05, 4.69) is 50.5 Å². The molecular weight excluding hydrogens is 368 g/mol. The Bertz CT molecular complexity index is 727. The summed E-state index contributed by atoms with van der Waals surface area (Å²) in [6.07, 6.45) is 1.82. The molecule has 0 fully saturated rings. The number of hydrogen-bond donors (Lipinski definition) is 1. The Morgan fingerprint density at radius 1 is 1.14 bits per heavy atom. The van der Waals surface area contributed by atoms with Gasteiger partial charge in [0.2, 0.25) is 0 Å². The van der Waals surface area contributed by atoms with Crippen LogP contribution in [0.25, 0.3) is 10.6 Å². The minimum atomic E-state index is 0.735. The van der Waals surface area contributed by atoms with Gasteiger partial charge in [0.25, 0.3) is 0 Å². The number of anilines is 1. The molecule has 0 saturated carbocycles. The number of aromatic nitrogens is 1. The fourth-order valence-electron chi connectivity index (χ4n) is 1.96. The molecule has 2 nitrogen and oxygen atoms in total. The van der Waals surface area contributed by atoms with Gasteiger partial charge in [0.05, 0.1) is 0 Å². The molecule has 5 heteroatoms. The summed E-state index contributed by atoms with van der Waals surface area (Å²) in [5.41, 5.74) is 3.39. The van der Waals surface area contributed by atoms with E-state index >= 15 is 0 Å². The van der Waals surface area contributed by atoms with Crippen molar-refractivity contribution in [1.29, 1.82) is 0 Å². The Morgan fingerprint density at radius 3 is 2.62 bits per heavy atom. The Morgan fingerprint density at radius 2 is 1.95 bits per heavy atom. The fraction of sp³-hybridized carbons (Fsp3) is 0.0625. The number of benzene rings is 2. The van der Waals surface area contributed by atoms with Gasteiger partial charge < -0.3 is 5.32 Å². The number of thiazole rings is 1. The fourth-order valence-corrected chi connectivity index (χ4v) is 3.43. The van der Waals surface area contributed by atoms with E-state index in [1.54, 1.807) is 11.3 Å². The van der Waals surface area contributed by atoms with Gasteiger partial charge in [0.1, 0.15) is 5.01 Å². The molecule has 1 N–H and O–H groups in total. The largest absolute Gasteiger partial charge is 0.381 e. The van der Waals surface area contributed by atoms with Crippen molar-refractivity contribution in [1.82, 2.24) is 4.98 Å². The Labute approximate surface area is 140 Å². The summed E-state index contributed by atoms with van der Waals surface area (Å²) in [6, 6.07) is 14.1. The molecule has 0 unspecified atom stereocenters. The molecule has 0 aliphatic rings. The molecule has 0 radical (unpaired) electrons. The lowest BCUT2D eigenvalue weighted by atomic mass is 10.2. The van der Waals surface area contributed by atoms with Crippen molar-refractivity contribution < 1.29 is 0 Å². The summed E-state index contributed by atoms with van der Waals surface area (Å²) >= 11 is 11.1. The highest BCUT2D eigenvalue weighted by Gasteiger charge is 2.02. The van der Waals surface area contributed by atoms with Crippen LogP contribution in [0.5, 0.6) is 0 Å². The number of nitrogens with one attached hydrogen (secondary N) is 1. The first-order valence-corrected chi connectivity index (χ1v) is 8.45. The van der Waals surface area contributed by atoms with E-state index in [1.165, 1.54) is 5.56 Å². The van der Waals surface area contributed by atoms with Crippen LogP contribution in [0, 0.1) is 0 Å². The molecule has 0 aliphatic heterocycles. The van der Waals surface area contributed by atoms with Crippen molar-refractivity contribution in [2.75, 3.05) is 5.32 Å². The van der Waals surface area contributed by atoms with E-state index in [-0.39, 0.29) is 0 Å². The molecule has 1 heterocycles. The van der Waals surface area contributed by atoms with E-state index in [0.29, 0.717) is 0 Å². The third-order valence-corrected chi connectivity index (χ3v) is 4.86. The quantitative estimate of drug-likeness (QED) is 0.616. The summed E-state index contributed by atoms with van der Waals surface area (Å²) < 4.78 is 1.02. The van der Waals surface area contributed by atoms with Crippen molar-refractivity contribution >= 4 is 44.6 Å². The van der Waals surface area contributed by atoms with Crippen molar-refractivity contribution in [2.24, 2.45) is 0 Å². The maximum Gasteiger partial charge on any atom is 0.123 e. The van der Waals surface area contributed by atoms with Gasteiger partial charge in [-0.3, -0.25) is 0 Å². The van der Waals surface area contributed by atoms with Crippen LogP contribution >= 0.6 is 38.9 Å². The van der Waals surface area contributed by atoms with Crippen LogP contribution in [0.3, 0.4) is 0 Å². The minimum absolute atomic E-state index is 0.735. The second kappa shape index (κ2) is 6.60. The molecule has 2 aromatic carbocycles. The molecule has 1 aromatic heterocycles. The third-order valence-electron chi connectivity index (χ3n) is 3.06. The predicted octanol–water partition coefficient (Wildman–Crippen LogP) is 5.84. The maximum absolute atomic E-state index is 5.95. The van der Waals surface area contributed by atoms with Gasteiger partial charge in [0, 0.05) is 38.9 Å². The number of hydrogen-bond acceptors (Lipinski definition) is 3. The standard InChI is InChI=1S/C16H12BrClN2S/c17-15-9-13(18)4-1-12(15)10-20-14-5-2-11(3-6-14)16-19-7-8-21-16/h1-9,20H,10H2. The van der Waals surface area contributed by atoms with Gasteiger partial charge in [-0.25, -0.2) is 4.98 Å². The lowest BCUT2D eigenvalue weighted by molar-refractivity contribution is 1.14. The molecule has 0 saturated heterocycles. The molecule has 0 aliphatic carbocycles. The zero-order valence-corrected chi connectivity index (χ0v) is 14.2. The number of nitrogens with zero attached hydrogens (tertiary/aromatic N) is 1. The van der Waals surface area contributed by atoms with Crippen molar-refractivity contribution in [3.63, 3.8) is 0 Å². The Balaban J connectivity index is 1.68. The summed E-state index contributed by atoms with van der Waals surface area (Å²) in [5.74, 6) is 0. The van der Waals surface area contributed by atoms with Crippen LogP contribution < -0.4 is 5.32 Å². The third kappa shape index (κ3) is 3.64. The summed E-state index contributed by atoms with van der Waals surface area (Å²) in [7, 11) is 0. The van der Waals surface area contributed by atoms with Crippen LogP contribution in [0.15, 0.2) is 58.5 Å². The zero-order valence-electron chi connectivity index (χ0n) is 11.0. The predicted molar refractivity (Wildman–Crippen MR) is 94.0 cm³/mol. The van der Waals surface area contributed by atoms with Crippen LogP contribution in [0.4, 0.5) is 5.69 Å². The van der Waals surface area contributed by atoms with Gasteiger partial charge >= 0.3 is 0 Å². The number of rotatable bonds is 4. The molecule has 3 aromatic rings. The van der Waals surface area contributed by atoms with Gasteiger partial charge in [0.15, 0.2) is 0 Å². The van der Waals surface area contributed by atoms with Crippen molar-refractivity contribution in [3.8, 4) is 10.6 Å². The molecule has 0 spiro atoms. The van der Waals surface area contributed by atoms with Gasteiger partial charge in [-0.1, -0.05) is 33.6 Å². The van der Waals surface area contributed by atoms with Gasteiger partial charge in [-0.05, 0) is 42.0 Å². The smallest absolute Gasteiger partial charge is 0.123 e. The first-order chi connectivity index (χ1) is 10.2. The first-order valence-electron chi connectivity index (χ1n) is 6.40. The maximum atomic E-state index is 5.95. The Hall–Kier alpha value is -1.36. The van der Waals surface area contributed by atoms with Crippen molar-refractivity contribution in [2.45, 2.75) is 6.54 Å². The summed E-state index contributed by atoms with van der Waals surface area (Å²) in [5, 5.41) is 7.17. The van der Waals surface area contributed by atoms with Gasteiger partial charge in [-0.15, -0.1) is 11.3 Å². The van der Waals surface area contributed by atoms with Crippen LogP contribution in [-0.2, 0) is 6.54 Å². The monoisotopic (exact) mass is 378 g/mol. The molecule has 3 rings (SSSR count). The highest BCUT2D eigenvalue weighted by atomic mass is 79.9. The van der Waals surface area contributed by atoms with Crippen LogP contribution in [0.2, 0.25) is 5.02 Å². The second-order valence-electron chi connectivity index (χ2n) is 4.50. The second-order valence-corrected chi connectivity index (χ2v) is 6.69. The lowest BCUT2D eigenvalue weighted by Crippen LogP contribution is -1.99. The average molecular weight is 380 g/mol. The number of halogens is 2. The van der Waals surface area contributed by atoms with Gasteiger partial charge in [-0.2, -0.15) is 0 Å². The molecule has 106 valence electrons.